The highest BCUT2D eigenvalue weighted by molar-refractivity contribution is 6.12. The molecule has 0 aromatic carbocycles. The molecule has 108 valence electrons. The van der Waals surface area contributed by atoms with Crippen molar-refractivity contribution < 1.29 is 9.53 Å². The lowest BCUT2D eigenvalue weighted by Crippen LogP contribution is -2.22. The van der Waals surface area contributed by atoms with Gasteiger partial charge in [0.15, 0.2) is 11.4 Å². The van der Waals surface area contributed by atoms with Gasteiger partial charge in [-0.1, -0.05) is 0 Å². The number of hydrogen-bond acceptors (Lipinski definition) is 6. The van der Waals surface area contributed by atoms with E-state index in [1.165, 1.54) is 19.5 Å². The smallest absolute Gasteiger partial charge is 0.220 e. The summed E-state index contributed by atoms with van der Waals surface area (Å²) in [5.41, 5.74) is 6.39. The number of ketones is 1. The van der Waals surface area contributed by atoms with E-state index in [-0.39, 0.29) is 11.6 Å². The van der Waals surface area contributed by atoms with Gasteiger partial charge in [0.05, 0.1) is 31.6 Å². The minimum absolute atomic E-state index is 0.234. The second-order valence-corrected chi connectivity index (χ2v) is 4.61. The normalized spacial score (nSPS) is 11.0. The number of rotatable bonds is 6. The number of likely N-dealkylation sites (N-methyl/N-ethyl adjacent to an activating group) is 1. The lowest BCUT2D eigenvalue weighted by Gasteiger charge is -2.11. The lowest BCUT2D eigenvalue weighted by molar-refractivity contribution is 0.102. The average Bonchev–Trinajstić information content (AvgIpc) is 3.01. The van der Waals surface area contributed by atoms with Crippen molar-refractivity contribution in [3.63, 3.8) is 0 Å². The van der Waals surface area contributed by atoms with Crippen molar-refractivity contribution >= 4 is 11.6 Å². The highest BCUT2D eigenvalue weighted by Crippen LogP contribution is 2.22. The molecule has 2 heterocycles. The average molecular weight is 278 g/mol. The van der Waals surface area contributed by atoms with Gasteiger partial charge in [0.1, 0.15) is 5.82 Å². The van der Waals surface area contributed by atoms with E-state index in [0.717, 1.165) is 6.54 Å². The van der Waals surface area contributed by atoms with E-state index in [0.29, 0.717) is 23.6 Å². The van der Waals surface area contributed by atoms with E-state index >= 15 is 0 Å². The Morgan fingerprint density at radius 1 is 1.50 bits per heavy atom. The molecule has 20 heavy (non-hydrogen) atoms. The summed E-state index contributed by atoms with van der Waals surface area (Å²) in [6, 6.07) is 0. The second kappa shape index (κ2) is 5.74. The fourth-order valence-electron chi connectivity index (χ4n) is 1.82. The van der Waals surface area contributed by atoms with E-state index in [1.54, 1.807) is 4.68 Å². The van der Waals surface area contributed by atoms with Crippen LogP contribution in [-0.2, 0) is 6.54 Å². The Labute approximate surface area is 116 Å². The number of nitrogens with two attached hydrogens (primary N) is 1. The molecule has 0 unspecified atom stereocenters. The number of nitrogens with zero attached hydrogens (tertiary/aromatic N) is 4. The molecule has 0 fully saturated rings. The van der Waals surface area contributed by atoms with Crippen LogP contribution >= 0.6 is 0 Å². The number of anilines is 1. The lowest BCUT2D eigenvalue weighted by atomic mass is 10.1. The number of H-pyrrole nitrogens is 1. The van der Waals surface area contributed by atoms with Gasteiger partial charge in [0, 0.05) is 6.54 Å². The molecule has 0 aliphatic heterocycles. The van der Waals surface area contributed by atoms with Crippen molar-refractivity contribution in [1.82, 2.24) is 24.9 Å². The monoisotopic (exact) mass is 278 g/mol. The molecule has 8 nitrogen and oxygen atoms in total. The summed E-state index contributed by atoms with van der Waals surface area (Å²) in [7, 11) is 5.41. The highest BCUT2D eigenvalue weighted by Gasteiger charge is 2.23. The predicted molar refractivity (Wildman–Crippen MR) is 73.8 cm³/mol. The third-order valence-corrected chi connectivity index (χ3v) is 2.91. The zero-order valence-electron chi connectivity index (χ0n) is 11.8. The van der Waals surface area contributed by atoms with Gasteiger partial charge in [-0.15, -0.1) is 0 Å². The van der Waals surface area contributed by atoms with E-state index in [9.17, 15) is 4.79 Å². The Bertz CT molecular complexity index is 601. The predicted octanol–water partition coefficient (Wildman–Crippen LogP) is -0.0104. The number of methoxy groups -OCH3 is 1. The summed E-state index contributed by atoms with van der Waals surface area (Å²) < 4.78 is 6.82. The Hall–Kier alpha value is -2.35. The van der Waals surface area contributed by atoms with Gasteiger partial charge >= 0.3 is 0 Å². The third-order valence-electron chi connectivity index (χ3n) is 2.91. The molecule has 0 radical (unpaired) electrons. The number of aromatic nitrogens is 4. The molecule has 0 aliphatic rings. The van der Waals surface area contributed by atoms with Gasteiger partial charge < -0.3 is 15.4 Å². The number of carbonyl (C=O) groups excluding carboxylic acids is 1. The van der Waals surface area contributed by atoms with Crippen LogP contribution in [0.1, 0.15) is 16.1 Å². The number of nitrogens with one attached hydrogen (secondary N) is 1. The Kier molecular flexibility index (Phi) is 4.04. The zero-order chi connectivity index (χ0) is 14.7. The quantitative estimate of drug-likeness (QED) is 0.720. The summed E-state index contributed by atoms with van der Waals surface area (Å²) >= 11 is 0. The summed E-state index contributed by atoms with van der Waals surface area (Å²) in [5.74, 6) is 0.399. The van der Waals surface area contributed by atoms with E-state index in [4.69, 9.17) is 10.5 Å². The highest BCUT2D eigenvalue weighted by atomic mass is 16.5. The molecule has 2 rings (SSSR count). The van der Waals surface area contributed by atoms with Crippen molar-refractivity contribution in [1.29, 1.82) is 0 Å². The van der Waals surface area contributed by atoms with Gasteiger partial charge in [0.2, 0.25) is 5.78 Å². The van der Waals surface area contributed by atoms with Crippen LogP contribution < -0.4 is 10.5 Å². The second-order valence-electron chi connectivity index (χ2n) is 4.61. The SMILES string of the molecule is COc1cnn(CCN(C)C)c1C(=O)c1cn[nH]c1N. The molecular formula is C12H18N6O2. The van der Waals surface area contributed by atoms with Crippen LogP contribution in [0.25, 0.3) is 0 Å². The van der Waals surface area contributed by atoms with Crippen LogP contribution in [0.4, 0.5) is 5.82 Å². The van der Waals surface area contributed by atoms with Gasteiger partial charge in [0.25, 0.3) is 0 Å². The molecule has 0 bridgehead atoms. The van der Waals surface area contributed by atoms with Crippen LogP contribution in [0.3, 0.4) is 0 Å². The molecule has 0 atom stereocenters. The molecule has 0 saturated carbocycles. The number of nitrogen functional groups attached to an aromatic ring is 1. The van der Waals surface area contributed by atoms with Crippen LogP contribution in [0.15, 0.2) is 12.4 Å². The maximum Gasteiger partial charge on any atom is 0.220 e. The first-order valence-corrected chi connectivity index (χ1v) is 6.12. The van der Waals surface area contributed by atoms with E-state index in [2.05, 4.69) is 15.3 Å². The fraction of sp³-hybridized carbons (Fsp3) is 0.417. The summed E-state index contributed by atoms with van der Waals surface area (Å²) in [4.78, 5) is 14.5. The van der Waals surface area contributed by atoms with Gasteiger partial charge in [-0.05, 0) is 14.1 Å². The van der Waals surface area contributed by atoms with E-state index in [1.807, 2.05) is 19.0 Å². The first-order chi connectivity index (χ1) is 9.54. The van der Waals surface area contributed by atoms with Gasteiger partial charge in [-0.2, -0.15) is 10.2 Å². The maximum atomic E-state index is 12.5. The van der Waals surface area contributed by atoms with Crippen LogP contribution in [0.5, 0.6) is 5.75 Å². The topological polar surface area (TPSA) is 102 Å². The van der Waals surface area contributed by atoms with Crippen molar-refractivity contribution in [2.45, 2.75) is 6.54 Å². The third kappa shape index (κ3) is 2.64. The molecule has 2 aromatic heterocycles. The summed E-state index contributed by atoms with van der Waals surface area (Å²) in [6.45, 7) is 1.33. The first kappa shape index (κ1) is 14.1. The Morgan fingerprint density at radius 2 is 2.25 bits per heavy atom. The molecule has 0 amide bonds. The van der Waals surface area contributed by atoms with Crippen LogP contribution in [-0.4, -0.2) is 58.4 Å². The number of ether oxygens (including phenoxy) is 1. The number of hydrogen-bond donors (Lipinski definition) is 2. The minimum atomic E-state index is -0.260. The molecule has 8 heteroatoms. The minimum Gasteiger partial charge on any atom is -0.493 e. The van der Waals surface area contributed by atoms with Gasteiger partial charge in [-0.25, -0.2) is 0 Å². The molecular weight excluding hydrogens is 260 g/mol. The van der Waals surface area contributed by atoms with Crippen molar-refractivity contribution in [2.75, 3.05) is 33.5 Å². The fourth-order valence-corrected chi connectivity index (χ4v) is 1.82. The molecule has 0 spiro atoms. The zero-order valence-corrected chi connectivity index (χ0v) is 11.8. The Morgan fingerprint density at radius 3 is 2.80 bits per heavy atom. The van der Waals surface area contributed by atoms with Gasteiger partial charge in [-0.3, -0.25) is 14.6 Å². The molecule has 0 aliphatic carbocycles. The van der Waals surface area contributed by atoms with Crippen molar-refractivity contribution in [2.24, 2.45) is 0 Å². The summed E-state index contributed by atoms with van der Waals surface area (Å²) in [5, 5.41) is 10.5. The largest absolute Gasteiger partial charge is 0.493 e. The first-order valence-electron chi connectivity index (χ1n) is 6.12. The Balaban J connectivity index is 2.36. The number of aromatic amines is 1. The van der Waals surface area contributed by atoms with Crippen molar-refractivity contribution in [3.8, 4) is 5.75 Å². The van der Waals surface area contributed by atoms with Crippen LogP contribution in [0, 0.1) is 0 Å². The standard InChI is InChI=1S/C12H18N6O2/c1-17(2)4-5-18-10(9(20-3)7-15-18)11(19)8-6-14-16-12(8)13/h6-7H,4-5H2,1-3H3,(H3,13,14,16). The number of carbonyl (C=O) groups is 1. The summed E-state index contributed by atoms with van der Waals surface area (Å²) in [6.07, 6.45) is 2.93. The maximum absolute atomic E-state index is 12.5. The molecule has 2 aromatic rings. The van der Waals surface area contributed by atoms with Crippen molar-refractivity contribution in [3.05, 3.63) is 23.7 Å². The van der Waals surface area contributed by atoms with Crippen LogP contribution in [0.2, 0.25) is 0 Å². The molecule has 0 saturated heterocycles. The molecule has 3 N–H and O–H groups in total. The van der Waals surface area contributed by atoms with E-state index < -0.39 is 0 Å².